The van der Waals surface area contributed by atoms with E-state index in [1.54, 1.807) is 0 Å². The summed E-state index contributed by atoms with van der Waals surface area (Å²) in [6.07, 6.45) is 10.9. The average Bonchev–Trinajstić information content (AvgIpc) is 2.59. The molecule has 4 bridgehead atoms. The maximum absolute atomic E-state index is 12.5. The number of nitrogens with zero attached hydrogens (tertiary/aromatic N) is 1. The summed E-state index contributed by atoms with van der Waals surface area (Å²) in [6.45, 7) is 3.32. The maximum atomic E-state index is 12.5. The number of carbonyl (C=O) groups is 2. The first kappa shape index (κ1) is 21.8. The molecular weight excluding hydrogens is 376 g/mol. The molecule has 4 saturated carbocycles. The van der Waals surface area contributed by atoms with Gasteiger partial charge in [0.25, 0.3) is 0 Å². The quantitative estimate of drug-likeness (QED) is 0.626. The second kappa shape index (κ2) is 9.31. The van der Waals surface area contributed by atoms with Crippen LogP contribution in [0.5, 0.6) is 0 Å². The summed E-state index contributed by atoms with van der Waals surface area (Å²) in [5, 5.41) is 9.04. The molecule has 7 heteroatoms. The van der Waals surface area contributed by atoms with Gasteiger partial charge in [0, 0.05) is 5.54 Å². The molecule has 1 saturated heterocycles. The number of urea groups is 1. The first-order valence-corrected chi connectivity index (χ1v) is 11.0. The van der Waals surface area contributed by atoms with Gasteiger partial charge in [0.2, 0.25) is 5.91 Å². The topological polar surface area (TPSA) is 73.5 Å². The van der Waals surface area contributed by atoms with Crippen LogP contribution in [0, 0.1) is 23.7 Å². The van der Waals surface area contributed by atoms with Crippen molar-refractivity contribution in [2.24, 2.45) is 23.7 Å². The summed E-state index contributed by atoms with van der Waals surface area (Å²) in [5.41, 5.74) is -0.0369. The second-order valence-electron chi connectivity index (χ2n) is 9.81. The minimum Gasteiger partial charge on any atom is -0.332 e. The number of imide groups is 1. The van der Waals surface area contributed by atoms with Crippen LogP contribution in [0.4, 0.5) is 4.79 Å². The first-order chi connectivity index (χ1) is 13.0. The Morgan fingerprint density at radius 1 is 1.00 bits per heavy atom. The highest BCUT2D eigenvalue weighted by Crippen LogP contribution is 2.55. The van der Waals surface area contributed by atoms with Crippen LogP contribution in [0.1, 0.15) is 57.8 Å². The molecule has 5 rings (SSSR count). The number of amides is 3. The van der Waals surface area contributed by atoms with Gasteiger partial charge in [-0.05, 0) is 108 Å². The van der Waals surface area contributed by atoms with Gasteiger partial charge >= 0.3 is 6.03 Å². The van der Waals surface area contributed by atoms with Crippen LogP contribution in [0.25, 0.3) is 0 Å². The minimum atomic E-state index is -0.272. The van der Waals surface area contributed by atoms with Gasteiger partial charge in [0.05, 0.1) is 6.54 Å². The lowest BCUT2D eigenvalue weighted by Crippen LogP contribution is -2.62. The minimum absolute atomic E-state index is 0. The molecule has 0 spiro atoms. The van der Waals surface area contributed by atoms with E-state index in [-0.39, 0.29) is 29.9 Å². The summed E-state index contributed by atoms with van der Waals surface area (Å²) in [4.78, 5) is 27.0. The lowest BCUT2D eigenvalue weighted by Gasteiger charge is -2.56. The molecule has 160 valence electrons. The van der Waals surface area contributed by atoms with Gasteiger partial charge < -0.3 is 10.6 Å². The van der Waals surface area contributed by atoms with E-state index in [0.717, 1.165) is 75.4 Å². The van der Waals surface area contributed by atoms with E-state index in [1.807, 2.05) is 7.05 Å². The Bertz CT molecular complexity index is 527. The third-order valence-corrected chi connectivity index (χ3v) is 7.55. The Morgan fingerprint density at radius 2 is 1.57 bits per heavy atom. The Balaban J connectivity index is 0.00000225. The van der Waals surface area contributed by atoms with Gasteiger partial charge in [-0.3, -0.25) is 15.0 Å². The molecule has 28 heavy (non-hydrogen) atoms. The molecular formula is C21H37ClN4O2. The van der Waals surface area contributed by atoms with Crippen molar-refractivity contribution in [3.8, 4) is 0 Å². The number of carbonyl (C=O) groups excluding carboxylic acids is 2. The zero-order valence-corrected chi connectivity index (χ0v) is 18.0. The fraction of sp³-hybridized carbons (Fsp3) is 0.905. The molecule has 0 aromatic heterocycles. The predicted molar refractivity (Wildman–Crippen MR) is 113 cm³/mol. The standard InChI is InChI=1S/C21H36N4O2.ClH/c1-22-5-2-15-3-6-25(7-4-15)14-19(26)23-20(27)24-21-11-16-8-17(12-21)10-18(9-16)13-21;/h15-18,22H,2-14H2,1H3,(H2,23,24,26,27);1H. The van der Waals surface area contributed by atoms with Crippen LogP contribution in [0.2, 0.25) is 0 Å². The maximum Gasteiger partial charge on any atom is 0.321 e. The van der Waals surface area contributed by atoms with Crippen LogP contribution >= 0.6 is 12.4 Å². The Kier molecular flexibility index (Phi) is 7.26. The van der Waals surface area contributed by atoms with E-state index in [9.17, 15) is 9.59 Å². The van der Waals surface area contributed by atoms with Crippen molar-refractivity contribution in [3.63, 3.8) is 0 Å². The fourth-order valence-electron chi connectivity index (χ4n) is 6.69. The van der Waals surface area contributed by atoms with Crippen LogP contribution in [-0.4, -0.2) is 55.6 Å². The van der Waals surface area contributed by atoms with Gasteiger partial charge in [0.15, 0.2) is 0 Å². The van der Waals surface area contributed by atoms with E-state index in [4.69, 9.17) is 0 Å². The van der Waals surface area contributed by atoms with E-state index < -0.39 is 0 Å². The van der Waals surface area contributed by atoms with Crippen molar-refractivity contribution in [2.45, 2.75) is 63.3 Å². The molecule has 0 radical (unpaired) electrons. The normalized spacial score (nSPS) is 34.7. The Hall–Kier alpha value is -0.850. The predicted octanol–water partition coefficient (Wildman–Crippen LogP) is 2.52. The molecule has 5 aliphatic rings. The number of nitrogens with one attached hydrogen (secondary N) is 3. The summed E-state index contributed by atoms with van der Waals surface area (Å²) in [6, 6.07) is -0.272. The highest BCUT2D eigenvalue weighted by Gasteiger charge is 2.51. The van der Waals surface area contributed by atoms with Crippen LogP contribution < -0.4 is 16.0 Å². The molecule has 6 nitrogen and oxygen atoms in total. The number of hydrogen-bond donors (Lipinski definition) is 3. The molecule has 0 atom stereocenters. The summed E-state index contributed by atoms with van der Waals surface area (Å²) < 4.78 is 0. The van der Waals surface area contributed by atoms with Crippen LogP contribution in [0.3, 0.4) is 0 Å². The summed E-state index contributed by atoms with van der Waals surface area (Å²) >= 11 is 0. The number of halogens is 1. The van der Waals surface area contributed by atoms with Gasteiger partial charge in [-0.1, -0.05) is 0 Å². The van der Waals surface area contributed by atoms with Gasteiger partial charge in [-0.2, -0.15) is 0 Å². The Labute approximate surface area is 175 Å². The zero-order valence-electron chi connectivity index (χ0n) is 17.2. The lowest BCUT2D eigenvalue weighted by molar-refractivity contribution is -0.121. The number of likely N-dealkylation sites (tertiary alicyclic amines) is 1. The third kappa shape index (κ3) is 5.19. The molecule has 1 aliphatic heterocycles. The number of rotatable bonds is 6. The van der Waals surface area contributed by atoms with E-state index in [2.05, 4.69) is 20.9 Å². The zero-order chi connectivity index (χ0) is 18.9. The second-order valence-corrected chi connectivity index (χ2v) is 9.81. The first-order valence-electron chi connectivity index (χ1n) is 11.0. The number of hydrogen-bond acceptors (Lipinski definition) is 4. The molecule has 3 N–H and O–H groups in total. The molecule has 5 fully saturated rings. The molecule has 3 amide bonds. The third-order valence-electron chi connectivity index (χ3n) is 7.55. The molecule has 0 aromatic carbocycles. The van der Waals surface area contributed by atoms with Crippen LogP contribution in [0.15, 0.2) is 0 Å². The molecule has 1 heterocycles. The lowest BCUT2D eigenvalue weighted by atomic mass is 9.53. The monoisotopic (exact) mass is 412 g/mol. The van der Waals surface area contributed by atoms with Crippen molar-refractivity contribution < 1.29 is 9.59 Å². The Morgan fingerprint density at radius 3 is 2.11 bits per heavy atom. The van der Waals surface area contributed by atoms with Crippen molar-refractivity contribution in [2.75, 3.05) is 33.2 Å². The smallest absolute Gasteiger partial charge is 0.321 e. The molecule has 4 aliphatic carbocycles. The van der Waals surface area contributed by atoms with E-state index in [0.29, 0.717) is 6.54 Å². The fourth-order valence-corrected chi connectivity index (χ4v) is 6.69. The van der Waals surface area contributed by atoms with Gasteiger partial charge in [0.1, 0.15) is 0 Å². The highest BCUT2D eigenvalue weighted by molar-refractivity contribution is 5.95. The molecule has 0 unspecified atom stereocenters. The summed E-state index contributed by atoms with van der Waals surface area (Å²) in [5.74, 6) is 2.96. The van der Waals surface area contributed by atoms with Crippen molar-refractivity contribution in [1.29, 1.82) is 0 Å². The largest absolute Gasteiger partial charge is 0.332 e. The SMILES string of the molecule is CNCCC1CCN(CC(=O)NC(=O)NC23CC4CC(CC(C4)C2)C3)CC1.Cl. The van der Waals surface area contributed by atoms with Gasteiger partial charge in [-0.25, -0.2) is 4.79 Å². The average molecular weight is 413 g/mol. The van der Waals surface area contributed by atoms with Crippen molar-refractivity contribution in [3.05, 3.63) is 0 Å². The van der Waals surface area contributed by atoms with E-state index in [1.165, 1.54) is 25.7 Å². The van der Waals surface area contributed by atoms with Crippen LogP contribution in [-0.2, 0) is 4.79 Å². The number of piperidine rings is 1. The van der Waals surface area contributed by atoms with Crippen molar-refractivity contribution >= 4 is 24.3 Å². The van der Waals surface area contributed by atoms with E-state index >= 15 is 0 Å². The molecule has 0 aromatic rings. The highest BCUT2D eigenvalue weighted by atomic mass is 35.5. The van der Waals surface area contributed by atoms with Gasteiger partial charge in [-0.15, -0.1) is 12.4 Å². The van der Waals surface area contributed by atoms with Crippen molar-refractivity contribution in [1.82, 2.24) is 20.9 Å². The summed E-state index contributed by atoms with van der Waals surface area (Å²) in [7, 11) is 1.99.